The third kappa shape index (κ3) is 2.86. The summed E-state index contributed by atoms with van der Waals surface area (Å²) >= 11 is 0. The van der Waals surface area contributed by atoms with E-state index in [9.17, 15) is 0 Å². The molecule has 2 nitrogen and oxygen atoms in total. The lowest BCUT2D eigenvalue weighted by molar-refractivity contribution is 0.0277. The maximum atomic E-state index is 5.82. The van der Waals surface area contributed by atoms with Gasteiger partial charge in [-0.3, -0.25) is 0 Å². The van der Waals surface area contributed by atoms with Gasteiger partial charge in [-0.05, 0) is 29.7 Å². The van der Waals surface area contributed by atoms with E-state index in [1.165, 1.54) is 22.3 Å². The number of morpholine rings is 1. The summed E-state index contributed by atoms with van der Waals surface area (Å²) in [4.78, 5) is 0. The Bertz CT molecular complexity index is 559. The van der Waals surface area contributed by atoms with Crippen LogP contribution in [0, 0.1) is 6.92 Å². The van der Waals surface area contributed by atoms with E-state index >= 15 is 0 Å². The molecular formula is C17H19NO. The average molecular weight is 253 g/mol. The lowest BCUT2D eigenvalue weighted by atomic mass is 9.99. The van der Waals surface area contributed by atoms with Crippen molar-refractivity contribution in [1.29, 1.82) is 0 Å². The highest BCUT2D eigenvalue weighted by atomic mass is 16.5. The third-order valence-corrected chi connectivity index (χ3v) is 3.54. The van der Waals surface area contributed by atoms with E-state index in [0.717, 1.165) is 19.7 Å². The van der Waals surface area contributed by atoms with Gasteiger partial charge in [-0.25, -0.2) is 0 Å². The van der Waals surface area contributed by atoms with Crippen molar-refractivity contribution in [3.05, 3.63) is 59.7 Å². The Morgan fingerprint density at radius 1 is 1.05 bits per heavy atom. The Hall–Kier alpha value is -1.64. The molecule has 0 amide bonds. The van der Waals surface area contributed by atoms with Crippen molar-refractivity contribution in [3.63, 3.8) is 0 Å². The van der Waals surface area contributed by atoms with Crippen LogP contribution in [0.3, 0.4) is 0 Å². The Balaban J connectivity index is 1.91. The van der Waals surface area contributed by atoms with E-state index < -0.39 is 0 Å². The molecule has 1 saturated heterocycles. The summed E-state index contributed by atoms with van der Waals surface area (Å²) < 4.78 is 5.82. The standard InChI is InChI=1S/C17H19NO/c1-13-4-2-5-14(10-13)15-6-3-7-16(11-15)17-12-18-8-9-19-17/h2-7,10-11,17-18H,8-9,12H2,1H3. The maximum Gasteiger partial charge on any atom is 0.0950 e. The number of rotatable bonds is 2. The fourth-order valence-electron chi connectivity index (χ4n) is 2.52. The summed E-state index contributed by atoms with van der Waals surface area (Å²) in [5.74, 6) is 0. The monoisotopic (exact) mass is 253 g/mol. The number of nitrogens with one attached hydrogen (secondary N) is 1. The van der Waals surface area contributed by atoms with Crippen LogP contribution in [0.1, 0.15) is 17.2 Å². The quantitative estimate of drug-likeness (QED) is 0.886. The van der Waals surface area contributed by atoms with Crippen LogP contribution in [0.2, 0.25) is 0 Å². The third-order valence-electron chi connectivity index (χ3n) is 3.54. The van der Waals surface area contributed by atoms with Crippen LogP contribution in [0.5, 0.6) is 0 Å². The summed E-state index contributed by atoms with van der Waals surface area (Å²) in [5.41, 5.74) is 5.07. The van der Waals surface area contributed by atoms with Crippen molar-refractivity contribution in [2.45, 2.75) is 13.0 Å². The Labute approximate surface area is 114 Å². The molecule has 19 heavy (non-hydrogen) atoms. The Kier molecular flexibility index (Phi) is 3.62. The summed E-state index contributed by atoms with van der Waals surface area (Å²) in [7, 11) is 0. The van der Waals surface area contributed by atoms with Gasteiger partial charge in [-0.15, -0.1) is 0 Å². The zero-order valence-electron chi connectivity index (χ0n) is 11.2. The van der Waals surface area contributed by atoms with Gasteiger partial charge in [0.05, 0.1) is 12.7 Å². The highest BCUT2D eigenvalue weighted by Gasteiger charge is 2.15. The van der Waals surface area contributed by atoms with Crippen molar-refractivity contribution < 1.29 is 4.74 Å². The molecule has 1 N–H and O–H groups in total. The molecule has 98 valence electrons. The number of benzene rings is 2. The number of ether oxygens (including phenoxy) is 1. The van der Waals surface area contributed by atoms with E-state index in [-0.39, 0.29) is 6.10 Å². The molecule has 0 bridgehead atoms. The minimum atomic E-state index is 0.179. The average Bonchev–Trinajstić information content (AvgIpc) is 2.48. The molecule has 1 aliphatic heterocycles. The van der Waals surface area contributed by atoms with Crippen molar-refractivity contribution >= 4 is 0 Å². The molecular weight excluding hydrogens is 234 g/mol. The fraction of sp³-hybridized carbons (Fsp3) is 0.294. The zero-order valence-corrected chi connectivity index (χ0v) is 11.2. The summed E-state index contributed by atoms with van der Waals surface area (Å²) in [6.45, 7) is 4.77. The molecule has 1 heterocycles. The lowest BCUT2D eigenvalue weighted by Crippen LogP contribution is -2.33. The molecule has 2 aromatic rings. The second-order valence-electron chi connectivity index (χ2n) is 5.06. The smallest absolute Gasteiger partial charge is 0.0950 e. The SMILES string of the molecule is Cc1cccc(-c2cccc(C3CNCCO3)c2)c1. The van der Waals surface area contributed by atoms with Gasteiger partial charge in [0.2, 0.25) is 0 Å². The minimum absolute atomic E-state index is 0.179. The van der Waals surface area contributed by atoms with Gasteiger partial charge in [0.25, 0.3) is 0 Å². The molecule has 1 aliphatic rings. The Morgan fingerprint density at radius 2 is 1.84 bits per heavy atom. The zero-order chi connectivity index (χ0) is 13.1. The summed E-state index contributed by atoms with van der Waals surface area (Å²) in [6, 6.07) is 17.3. The first kappa shape index (κ1) is 12.4. The van der Waals surface area contributed by atoms with E-state index in [1.807, 2.05) is 0 Å². The van der Waals surface area contributed by atoms with Gasteiger partial charge < -0.3 is 10.1 Å². The topological polar surface area (TPSA) is 21.3 Å². The van der Waals surface area contributed by atoms with Crippen LogP contribution >= 0.6 is 0 Å². The number of hydrogen-bond donors (Lipinski definition) is 1. The first-order chi connectivity index (χ1) is 9.33. The van der Waals surface area contributed by atoms with E-state index in [4.69, 9.17) is 4.74 Å². The van der Waals surface area contributed by atoms with Crippen molar-refractivity contribution in [1.82, 2.24) is 5.32 Å². The van der Waals surface area contributed by atoms with Gasteiger partial charge in [0.15, 0.2) is 0 Å². The highest BCUT2D eigenvalue weighted by Crippen LogP contribution is 2.26. The molecule has 1 atom stereocenters. The maximum absolute atomic E-state index is 5.82. The molecule has 0 saturated carbocycles. The molecule has 2 aromatic carbocycles. The largest absolute Gasteiger partial charge is 0.371 e. The predicted octanol–water partition coefficient (Wildman–Crippen LogP) is 3.32. The second kappa shape index (κ2) is 5.55. The highest BCUT2D eigenvalue weighted by molar-refractivity contribution is 5.65. The molecule has 1 unspecified atom stereocenters. The van der Waals surface area contributed by atoms with Crippen molar-refractivity contribution in [2.24, 2.45) is 0 Å². The van der Waals surface area contributed by atoms with Gasteiger partial charge in [0, 0.05) is 13.1 Å². The molecule has 0 radical (unpaired) electrons. The first-order valence-corrected chi connectivity index (χ1v) is 6.82. The van der Waals surface area contributed by atoms with Crippen molar-refractivity contribution in [2.75, 3.05) is 19.7 Å². The molecule has 0 aromatic heterocycles. The van der Waals surface area contributed by atoms with E-state index in [2.05, 4.69) is 60.8 Å². The summed E-state index contributed by atoms with van der Waals surface area (Å²) in [6.07, 6.45) is 0.179. The lowest BCUT2D eigenvalue weighted by Gasteiger charge is -2.24. The first-order valence-electron chi connectivity index (χ1n) is 6.82. The van der Waals surface area contributed by atoms with Crippen LogP contribution in [0.4, 0.5) is 0 Å². The van der Waals surface area contributed by atoms with Crippen molar-refractivity contribution in [3.8, 4) is 11.1 Å². The van der Waals surface area contributed by atoms with Gasteiger partial charge in [-0.1, -0.05) is 48.0 Å². The number of hydrogen-bond acceptors (Lipinski definition) is 2. The summed E-state index contributed by atoms with van der Waals surface area (Å²) in [5, 5.41) is 3.38. The molecule has 0 aliphatic carbocycles. The fourth-order valence-corrected chi connectivity index (χ4v) is 2.52. The minimum Gasteiger partial charge on any atom is -0.371 e. The van der Waals surface area contributed by atoms with E-state index in [0.29, 0.717) is 0 Å². The molecule has 0 spiro atoms. The molecule has 3 rings (SSSR count). The number of aryl methyl sites for hydroxylation is 1. The predicted molar refractivity (Wildman–Crippen MR) is 78.2 cm³/mol. The van der Waals surface area contributed by atoms with Gasteiger partial charge >= 0.3 is 0 Å². The van der Waals surface area contributed by atoms with Crippen LogP contribution < -0.4 is 5.32 Å². The Morgan fingerprint density at radius 3 is 2.58 bits per heavy atom. The van der Waals surface area contributed by atoms with E-state index in [1.54, 1.807) is 0 Å². The van der Waals surface area contributed by atoms with Gasteiger partial charge in [0.1, 0.15) is 0 Å². The van der Waals surface area contributed by atoms with Crippen LogP contribution in [-0.2, 0) is 4.74 Å². The molecule has 1 fully saturated rings. The molecule has 2 heteroatoms. The van der Waals surface area contributed by atoms with Crippen LogP contribution in [-0.4, -0.2) is 19.7 Å². The van der Waals surface area contributed by atoms with Crippen LogP contribution in [0.25, 0.3) is 11.1 Å². The normalized spacial score (nSPS) is 19.3. The second-order valence-corrected chi connectivity index (χ2v) is 5.06. The van der Waals surface area contributed by atoms with Gasteiger partial charge in [-0.2, -0.15) is 0 Å². The van der Waals surface area contributed by atoms with Crippen LogP contribution in [0.15, 0.2) is 48.5 Å².